The van der Waals surface area contributed by atoms with Crippen LogP contribution >= 0.6 is 0 Å². The van der Waals surface area contributed by atoms with Crippen molar-refractivity contribution in [3.05, 3.63) is 0 Å². The molecule has 2 N–H and O–H groups in total. The third-order valence-electron chi connectivity index (χ3n) is 2.29. The molecule has 94 valence electrons. The van der Waals surface area contributed by atoms with Gasteiger partial charge < -0.3 is 15.5 Å². The van der Waals surface area contributed by atoms with Crippen molar-refractivity contribution < 1.29 is 9.59 Å². The van der Waals surface area contributed by atoms with E-state index in [0.29, 0.717) is 12.3 Å². The lowest BCUT2D eigenvalue weighted by molar-refractivity contribution is -0.138. The summed E-state index contributed by atoms with van der Waals surface area (Å²) in [4.78, 5) is 26.0. The molecule has 0 saturated heterocycles. The number of amides is 2. The highest BCUT2D eigenvalue weighted by Crippen LogP contribution is 2.05. The van der Waals surface area contributed by atoms with Gasteiger partial charge in [0.15, 0.2) is 0 Å². The molecule has 0 radical (unpaired) electrons. The first-order valence-corrected chi connectivity index (χ1v) is 5.46. The molecule has 0 aromatic carbocycles. The first-order chi connectivity index (χ1) is 7.25. The predicted molar refractivity (Wildman–Crippen MR) is 63.8 cm³/mol. The highest BCUT2D eigenvalue weighted by Gasteiger charge is 2.21. The molecule has 0 aromatic heterocycles. The van der Waals surface area contributed by atoms with Crippen LogP contribution in [0.15, 0.2) is 0 Å². The zero-order valence-corrected chi connectivity index (χ0v) is 10.9. The lowest BCUT2D eigenvalue weighted by atomic mass is 10.0. The van der Waals surface area contributed by atoms with Gasteiger partial charge in [-0.15, -0.1) is 0 Å². The Morgan fingerprint density at radius 1 is 1.19 bits per heavy atom. The lowest BCUT2D eigenvalue weighted by Gasteiger charge is -2.23. The third kappa shape index (κ3) is 5.11. The van der Waals surface area contributed by atoms with Gasteiger partial charge in [0.05, 0.1) is 12.6 Å². The fourth-order valence-corrected chi connectivity index (χ4v) is 1.31. The summed E-state index contributed by atoms with van der Waals surface area (Å²) >= 11 is 0. The van der Waals surface area contributed by atoms with Crippen LogP contribution in [-0.4, -0.2) is 55.3 Å². The molecule has 2 amide bonds. The van der Waals surface area contributed by atoms with E-state index in [2.05, 4.69) is 0 Å². The maximum absolute atomic E-state index is 11.8. The highest BCUT2D eigenvalue weighted by molar-refractivity contribution is 5.87. The normalized spacial score (nSPS) is 12.4. The van der Waals surface area contributed by atoms with Crippen LogP contribution in [0, 0.1) is 5.92 Å². The van der Waals surface area contributed by atoms with Gasteiger partial charge in [-0.1, -0.05) is 13.8 Å². The van der Waals surface area contributed by atoms with E-state index < -0.39 is 6.04 Å². The second-order valence-electron chi connectivity index (χ2n) is 4.72. The molecule has 0 aliphatic rings. The van der Waals surface area contributed by atoms with Gasteiger partial charge >= 0.3 is 0 Å². The minimum absolute atomic E-state index is 0.0810. The number of likely N-dealkylation sites (N-methyl/N-ethyl adjacent to an activating group) is 2. The van der Waals surface area contributed by atoms with E-state index >= 15 is 0 Å². The van der Waals surface area contributed by atoms with Crippen molar-refractivity contribution in [1.82, 2.24) is 9.80 Å². The Hall–Kier alpha value is -1.10. The Balaban J connectivity index is 4.22. The van der Waals surface area contributed by atoms with Crippen LogP contribution in [-0.2, 0) is 9.59 Å². The molecule has 0 spiro atoms. The number of nitrogens with two attached hydrogens (primary N) is 1. The van der Waals surface area contributed by atoms with Gasteiger partial charge in [0.1, 0.15) is 0 Å². The summed E-state index contributed by atoms with van der Waals surface area (Å²) in [6.07, 6.45) is 0.638. The lowest BCUT2D eigenvalue weighted by Crippen LogP contribution is -2.46. The van der Waals surface area contributed by atoms with Crippen molar-refractivity contribution in [2.24, 2.45) is 11.7 Å². The van der Waals surface area contributed by atoms with Crippen molar-refractivity contribution in [3.8, 4) is 0 Å². The molecule has 0 aliphatic heterocycles. The van der Waals surface area contributed by atoms with Crippen molar-refractivity contribution in [1.29, 1.82) is 0 Å². The maximum atomic E-state index is 11.8. The summed E-state index contributed by atoms with van der Waals surface area (Å²) in [5.41, 5.74) is 5.75. The quantitative estimate of drug-likeness (QED) is 0.716. The smallest absolute Gasteiger partial charge is 0.241 e. The van der Waals surface area contributed by atoms with E-state index in [1.165, 1.54) is 9.80 Å². The average Bonchev–Trinajstić information content (AvgIpc) is 2.14. The first kappa shape index (κ1) is 14.9. The molecular formula is C11H23N3O2. The molecule has 0 rings (SSSR count). The largest absolute Gasteiger partial charge is 0.347 e. The van der Waals surface area contributed by atoms with E-state index in [-0.39, 0.29) is 18.4 Å². The topological polar surface area (TPSA) is 66.6 Å². The predicted octanol–water partition coefficient (Wildman–Crippen LogP) is -0.0936. The number of nitrogens with zero attached hydrogens (tertiary/aromatic N) is 2. The molecule has 1 atom stereocenters. The fraction of sp³-hybridized carbons (Fsp3) is 0.818. The number of rotatable bonds is 5. The molecule has 5 nitrogen and oxygen atoms in total. The number of hydrogen-bond acceptors (Lipinski definition) is 3. The van der Waals surface area contributed by atoms with Crippen LogP contribution in [0.4, 0.5) is 0 Å². The Morgan fingerprint density at radius 2 is 1.69 bits per heavy atom. The summed E-state index contributed by atoms with van der Waals surface area (Å²) in [5.74, 6) is 0.0911. The fourth-order valence-electron chi connectivity index (χ4n) is 1.31. The van der Waals surface area contributed by atoms with E-state index in [9.17, 15) is 9.59 Å². The van der Waals surface area contributed by atoms with E-state index in [1.54, 1.807) is 21.1 Å². The SMILES string of the molecule is CC(C)C[C@H](N)C(=O)N(C)CC(=O)N(C)C. The monoisotopic (exact) mass is 229 g/mol. The summed E-state index contributed by atoms with van der Waals surface area (Å²) in [7, 11) is 4.92. The summed E-state index contributed by atoms with van der Waals surface area (Å²) in [6, 6.07) is -0.514. The molecule has 0 saturated carbocycles. The third-order valence-corrected chi connectivity index (χ3v) is 2.29. The number of carbonyl (C=O) groups is 2. The number of carbonyl (C=O) groups excluding carboxylic acids is 2. The Bertz CT molecular complexity index is 252. The van der Waals surface area contributed by atoms with Gasteiger partial charge in [0.25, 0.3) is 0 Å². The zero-order chi connectivity index (χ0) is 12.9. The average molecular weight is 229 g/mol. The molecule has 0 bridgehead atoms. The summed E-state index contributed by atoms with van der Waals surface area (Å²) in [6.45, 7) is 4.11. The van der Waals surface area contributed by atoms with Crippen LogP contribution in [0.25, 0.3) is 0 Å². The molecule has 16 heavy (non-hydrogen) atoms. The van der Waals surface area contributed by atoms with Gasteiger partial charge in [0, 0.05) is 21.1 Å². The summed E-state index contributed by atoms with van der Waals surface area (Å²) < 4.78 is 0. The number of hydrogen-bond donors (Lipinski definition) is 1. The molecule has 5 heteroatoms. The molecule has 0 fully saturated rings. The van der Waals surface area contributed by atoms with Gasteiger partial charge in [-0.3, -0.25) is 9.59 Å². The van der Waals surface area contributed by atoms with Crippen molar-refractivity contribution in [2.45, 2.75) is 26.3 Å². The summed E-state index contributed by atoms with van der Waals surface area (Å²) in [5, 5.41) is 0. The van der Waals surface area contributed by atoms with Crippen molar-refractivity contribution in [3.63, 3.8) is 0 Å². The molecular weight excluding hydrogens is 206 g/mol. The molecule has 0 unspecified atom stereocenters. The maximum Gasteiger partial charge on any atom is 0.241 e. The Labute approximate surface area is 97.6 Å². The second-order valence-corrected chi connectivity index (χ2v) is 4.72. The van der Waals surface area contributed by atoms with Gasteiger partial charge in [-0.2, -0.15) is 0 Å². The Morgan fingerprint density at radius 3 is 2.06 bits per heavy atom. The first-order valence-electron chi connectivity index (χ1n) is 5.46. The van der Waals surface area contributed by atoms with E-state index in [0.717, 1.165) is 0 Å². The minimum atomic E-state index is -0.514. The van der Waals surface area contributed by atoms with Gasteiger partial charge in [-0.25, -0.2) is 0 Å². The van der Waals surface area contributed by atoms with Gasteiger partial charge in [-0.05, 0) is 12.3 Å². The van der Waals surface area contributed by atoms with Crippen LogP contribution < -0.4 is 5.73 Å². The van der Waals surface area contributed by atoms with Crippen LogP contribution in [0.3, 0.4) is 0 Å². The standard InChI is InChI=1S/C11H23N3O2/c1-8(2)6-9(12)11(16)14(5)7-10(15)13(3)4/h8-9H,6-7,12H2,1-5H3/t9-/m0/s1. The van der Waals surface area contributed by atoms with Crippen molar-refractivity contribution >= 4 is 11.8 Å². The molecule has 0 aliphatic carbocycles. The second kappa shape index (κ2) is 6.48. The van der Waals surface area contributed by atoms with E-state index in [1.807, 2.05) is 13.8 Å². The van der Waals surface area contributed by atoms with Crippen LogP contribution in [0.1, 0.15) is 20.3 Å². The highest BCUT2D eigenvalue weighted by atomic mass is 16.2. The van der Waals surface area contributed by atoms with E-state index in [4.69, 9.17) is 5.73 Å². The van der Waals surface area contributed by atoms with Gasteiger partial charge in [0.2, 0.25) is 11.8 Å². The zero-order valence-electron chi connectivity index (χ0n) is 10.9. The molecule has 0 aromatic rings. The Kier molecular flexibility index (Phi) is 6.03. The van der Waals surface area contributed by atoms with Crippen molar-refractivity contribution in [2.75, 3.05) is 27.7 Å². The molecule has 0 heterocycles. The van der Waals surface area contributed by atoms with Crippen LogP contribution in [0.2, 0.25) is 0 Å². The minimum Gasteiger partial charge on any atom is -0.347 e. The van der Waals surface area contributed by atoms with Crippen LogP contribution in [0.5, 0.6) is 0 Å².